The van der Waals surface area contributed by atoms with Crippen LogP contribution in [0.4, 0.5) is 0 Å². The first kappa shape index (κ1) is 17.2. The van der Waals surface area contributed by atoms with E-state index >= 15 is 0 Å². The Morgan fingerprint density at radius 2 is 1.85 bits per heavy atom. The molecule has 0 radical (unpaired) electrons. The number of hydrogen-bond acceptors (Lipinski definition) is 4. The van der Waals surface area contributed by atoms with E-state index in [9.17, 15) is 9.59 Å². The fourth-order valence-electron chi connectivity index (χ4n) is 2.27. The van der Waals surface area contributed by atoms with Gasteiger partial charge in [-0.3, -0.25) is 4.79 Å². The van der Waals surface area contributed by atoms with Crippen LogP contribution in [0.1, 0.15) is 21.7 Å². The molecule has 1 N–H and O–H groups in total. The molecule has 5 nitrogen and oxygen atoms in total. The zero-order valence-electron chi connectivity index (χ0n) is 13.9. The molecule has 3 aromatic rings. The number of carbonyl (C=O) groups is 2. The summed E-state index contributed by atoms with van der Waals surface area (Å²) >= 11 is 0. The van der Waals surface area contributed by atoms with Gasteiger partial charge in [-0.25, -0.2) is 4.79 Å². The van der Waals surface area contributed by atoms with E-state index in [1.807, 2.05) is 30.3 Å². The van der Waals surface area contributed by atoms with Gasteiger partial charge in [-0.15, -0.1) is 0 Å². The van der Waals surface area contributed by atoms with Crippen LogP contribution in [0.3, 0.4) is 0 Å². The normalized spacial score (nSPS) is 10.6. The minimum atomic E-state index is -0.553. The number of ether oxygens (including phenoxy) is 1. The van der Waals surface area contributed by atoms with Crippen molar-refractivity contribution in [2.75, 3.05) is 0 Å². The van der Waals surface area contributed by atoms with E-state index < -0.39 is 5.97 Å². The van der Waals surface area contributed by atoms with Gasteiger partial charge >= 0.3 is 5.97 Å². The average molecular weight is 347 g/mol. The van der Waals surface area contributed by atoms with Crippen LogP contribution in [0.25, 0.3) is 6.08 Å². The highest BCUT2D eigenvalue weighted by molar-refractivity contribution is 5.95. The van der Waals surface area contributed by atoms with E-state index in [1.165, 1.54) is 24.5 Å². The van der Waals surface area contributed by atoms with E-state index in [2.05, 4.69) is 5.32 Å². The minimum Gasteiger partial charge on any atom is -0.465 e. The summed E-state index contributed by atoms with van der Waals surface area (Å²) in [4.78, 5) is 24.1. The van der Waals surface area contributed by atoms with E-state index in [1.54, 1.807) is 30.3 Å². The molecular weight excluding hydrogens is 330 g/mol. The van der Waals surface area contributed by atoms with Gasteiger partial charge in [0.2, 0.25) is 0 Å². The van der Waals surface area contributed by atoms with Crippen LogP contribution >= 0.6 is 0 Å². The van der Waals surface area contributed by atoms with Crippen LogP contribution < -0.4 is 10.1 Å². The summed E-state index contributed by atoms with van der Waals surface area (Å²) in [5.74, 6) is 0.0589. The molecule has 0 bridgehead atoms. The molecule has 0 saturated heterocycles. The summed E-state index contributed by atoms with van der Waals surface area (Å²) in [5, 5.41) is 2.83. The van der Waals surface area contributed by atoms with Crippen molar-refractivity contribution in [3.05, 3.63) is 96.0 Å². The lowest BCUT2D eigenvalue weighted by Gasteiger charge is -2.07. The van der Waals surface area contributed by atoms with Gasteiger partial charge in [-0.2, -0.15) is 0 Å². The number of rotatable bonds is 6. The molecule has 5 heteroatoms. The Balaban J connectivity index is 1.58. The third-order valence-corrected chi connectivity index (χ3v) is 3.54. The minimum absolute atomic E-state index is 0.238. The van der Waals surface area contributed by atoms with E-state index in [-0.39, 0.29) is 5.91 Å². The summed E-state index contributed by atoms with van der Waals surface area (Å²) in [6, 6.07) is 19.5. The van der Waals surface area contributed by atoms with Crippen LogP contribution in [-0.2, 0) is 11.3 Å². The van der Waals surface area contributed by atoms with Crippen molar-refractivity contribution in [1.82, 2.24) is 5.32 Å². The zero-order valence-corrected chi connectivity index (χ0v) is 13.9. The summed E-state index contributed by atoms with van der Waals surface area (Å²) in [5.41, 5.74) is 1.42. The molecule has 0 aliphatic carbocycles. The Labute approximate surface area is 150 Å². The van der Waals surface area contributed by atoms with Crippen molar-refractivity contribution in [2.24, 2.45) is 0 Å². The highest BCUT2D eigenvalue weighted by Crippen LogP contribution is 2.14. The Hall–Kier alpha value is -3.60. The molecule has 0 aliphatic heterocycles. The molecule has 1 amide bonds. The topological polar surface area (TPSA) is 68.5 Å². The average Bonchev–Trinajstić information content (AvgIpc) is 3.19. The molecule has 0 atom stereocenters. The highest BCUT2D eigenvalue weighted by atomic mass is 16.5. The second kappa shape index (κ2) is 8.48. The highest BCUT2D eigenvalue weighted by Gasteiger charge is 2.08. The SMILES string of the molecule is O=C(C=Cc1ccco1)Oc1cccc(C(=O)NCc2ccccc2)c1. The summed E-state index contributed by atoms with van der Waals surface area (Å²) in [6.45, 7) is 0.426. The number of amides is 1. The monoisotopic (exact) mass is 347 g/mol. The second-order valence-electron chi connectivity index (χ2n) is 5.47. The van der Waals surface area contributed by atoms with Gasteiger partial charge in [-0.05, 0) is 42.0 Å². The van der Waals surface area contributed by atoms with Crippen LogP contribution in [-0.4, -0.2) is 11.9 Å². The van der Waals surface area contributed by atoms with E-state index in [0.717, 1.165) is 5.56 Å². The van der Waals surface area contributed by atoms with Crippen LogP contribution in [0, 0.1) is 0 Å². The number of nitrogens with one attached hydrogen (secondary N) is 1. The molecule has 2 aromatic carbocycles. The molecule has 1 aromatic heterocycles. The van der Waals surface area contributed by atoms with Crippen molar-refractivity contribution in [3.63, 3.8) is 0 Å². The predicted octanol–water partition coefficient (Wildman–Crippen LogP) is 3.83. The molecule has 0 saturated carbocycles. The molecule has 1 heterocycles. The van der Waals surface area contributed by atoms with Gasteiger partial charge in [0.1, 0.15) is 11.5 Å². The van der Waals surface area contributed by atoms with Gasteiger partial charge in [0.15, 0.2) is 0 Å². The van der Waals surface area contributed by atoms with Crippen molar-refractivity contribution < 1.29 is 18.7 Å². The molecule has 3 rings (SSSR count). The Kier molecular flexibility index (Phi) is 5.62. The number of carbonyl (C=O) groups excluding carboxylic acids is 2. The Bertz CT molecular complexity index is 899. The first-order valence-electron chi connectivity index (χ1n) is 8.06. The number of esters is 1. The first-order chi connectivity index (χ1) is 12.7. The fourth-order valence-corrected chi connectivity index (χ4v) is 2.27. The third kappa shape index (κ3) is 4.95. The van der Waals surface area contributed by atoms with Crippen LogP contribution in [0.15, 0.2) is 83.5 Å². The summed E-state index contributed by atoms with van der Waals surface area (Å²) in [6.07, 6.45) is 4.29. The summed E-state index contributed by atoms with van der Waals surface area (Å²) < 4.78 is 10.3. The smallest absolute Gasteiger partial charge is 0.336 e. The van der Waals surface area contributed by atoms with Gasteiger partial charge in [0.25, 0.3) is 5.91 Å². The predicted molar refractivity (Wildman–Crippen MR) is 97.4 cm³/mol. The molecule has 130 valence electrons. The maximum Gasteiger partial charge on any atom is 0.336 e. The lowest BCUT2D eigenvalue weighted by atomic mass is 10.2. The van der Waals surface area contributed by atoms with Crippen molar-refractivity contribution >= 4 is 18.0 Å². The molecule has 26 heavy (non-hydrogen) atoms. The number of hydrogen-bond donors (Lipinski definition) is 1. The van der Waals surface area contributed by atoms with Crippen molar-refractivity contribution in [1.29, 1.82) is 0 Å². The first-order valence-corrected chi connectivity index (χ1v) is 8.06. The number of benzene rings is 2. The molecule has 0 fully saturated rings. The largest absolute Gasteiger partial charge is 0.465 e. The summed E-state index contributed by atoms with van der Waals surface area (Å²) in [7, 11) is 0. The molecule has 0 spiro atoms. The Morgan fingerprint density at radius 1 is 1.00 bits per heavy atom. The van der Waals surface area contributed by atoms with Crippen molar-refractivity contribution in [3.8, 4) is 5.75 Å². The lowest BCUT2D eigenvalue weighted by molar-refractivity contribution is -0.128. The molecular formula is C21H17NO4. The Morgan fingerprint density at radius 3 is 2.62 bits per heavy atom. The third-order valence-electron chi connectivity index (χ3n) is 3.54. The quantitative estimate of drug-likeness (QED) is 0.418. The zero-order chi connectivity index (χ0) is 18.2. The molecule has 0 aliphatic rings. The fraction of sp³-hybridized carbons (Fsp3) is 0.0476. The van der Waals surface area contributed by atoms with Gasteiger partial charge in [0, 0.05) is 18.2 Å². The molecule has 0 unspecified atom stereocenters. The number of furan rings is 1. The maximum atomic E-state index is 12.3. The van der Waals surface area contributed by atoms with Crippen LogP contribution in [0.2, 0.25) is 0 Å². The van der Waals surface area contributed by atoms with E-state index in [0.29, 0.717) is 23.6 Å². The second-order valence-corrected chi connectivity index (χ2v) is 5.47. The lowest BCUT2D eigenvalue weighted by Crippen LogP contribution is -2.22. The van der Waals surface area contributed by atoms with Crippen LogP contribution in [0.5, 0.6) is 5.75 Å². The van der Waals surface area contributed by atoms with Gasteiger partial charge in [-0.1, -0.05) is 36.4 Å². The van der Waals surface area contributed by atoms with Crippen molar-refractivity contribution in [2.45, 2.75) is 6.54 Å². The van der Waals surface area contributed by atoms with Gasteiger partial charge in [0.05, 0.1) is 6.26 Å². The van der Waals surface area contributed by atoms with Gasteiger partial charge < -0.3 is 14.5 Å². The standard InChI is InChI=1S/C21H17NO4/c23-20(12-11-18-10-5-13-25-18)26-19-9-4-8-17(14-19)21(24)22-15-16-6-2-1-3-7-16/h1-14H,15H2,(H,22,24). The van der Waals surface area contributed by atoms with E-state index in [4.69, 9.17) is 9.15 Å². The maximum absolute atomic E-state index is 12.3.